The molecule has 2 atom stereocenters. The van der Waals surface area contributed by atoms with Gasteiger partial charge in [-0.15, -0.1) is 0 Å². The molecule has 0 bridgehead atoms. The van der Waals surface area contributed by atoms with Crippen molar-refractivity contribution in [3.8, 4) is 11.5 Å². The van der Waals surface area contributed by atoms with E-state index in [-0.39, 0.29) is 10.5 Å². The summed E-state index contributed by atoms with van der Waals surface area (Å²) < 4.78 is 11.1. The van der Waals surface area contributed by atoms with Crippen molar-refractivity contribution in [3.05, 3.63) is 24.3 Å². The highest BCUT2D eigenvalue weighted by Gasteiger charge is 2.01. The SMILES string of the molecule is CC(S)COc1cccc(OCC(C)S)c1. The molecule has 0 heterocycles. The van der Waals surface area contributed by atoms with E-state index in [1.54, 1.807) is 0 Å². The fourth-order valence-electron chi connectivity index (χ4n) is 1.09. The molecule has 0 saturated carbocycles. The van der Waals surface area contributed by atoms with E-state index < -0.39 is 0 Å². The molecule has 0 amide bonds. The minimum absolute atomic E-state index is 0.224. The molecule has 0 radical (unpaired) electrons. The van der Waals surface area contributed by atoms with Crippen LogP contribution in [-0.2, 0) is 0 Å². The van der Waals surface area contributed by atoms with Gasteiger partial charge in [0, 0.05) is 16.6 Å². The first-order valence-electron chi connectivity index (χ1n) is 5.29. The molecule has 0 N–H and O–H groups in total. The Labute approximate surface area is 108 Å². The van der Waals surface area contributed by atoms with Crippen molar-refractivity contribution < 1.29 is 9.47 Å². The van der Waals surface area contributed by atoms with Gasteiger partial charge in [0.05, 0.1) is 13.2 Å². The predicted octanol–water partition coefficient (Wildman–Crippen LogP) is 3.08. The van der Waals surface area contributed by atoms with Crippen LogP contribution in [0.1, 0.15) is 13.8 Å². The Morgan fingerprint density at radius 1 is 1.00 bits per heavy atom. The van der Waals surface area contributed by atoms with Gasteiger partial charge in [0.15, 0.2) is 0 Å². The molecule has 0 spiro atoms. The van der Waals surface area contributed by atoms with Crippen molar-refractivity contribution in [1.29, 1.82) is 0 Å². The minimum Gasteiger partial charge on any atom is -0.492 e. The van der Waals surface area contributed by atoms with E-state index in [2.05, 4.69) is 25.3 Å². The van der Waals surface area contributed by atoms with Gasteiger partial charge >= 0.3 is 0 Å². The van der Waals surface area contributed by atoms with Crippen molar-refractivity contribution in [2.45, 2.75) is 24.3 Å². The van der Waals surface area contributed by atoms with Crippen molar-refractivity contribution in [2.75, 3.05) is 13.2 Å². The standard InChI is InChI=1S/C12H18O2S2/c1-9(15)7-13-11-4-3-5-12(6-11)14-8-10(2)16/h3-6,9-10,15-16H,7-8H2,1-2H3. The van der Waals surface area contributed by atoms with Gasteiger partial charge in [-0.1, -0.05) is 19.9 Å². The Kier molecular flexibility index (Phi) is 5.91. The van der Waals surface area contributed by atoms with E-state index in [9.17, 15) is 0 Å². The van der Waals surface area contributed by atoms with Crippen LogP contribution in [0.2, 0.25) is 0 Å². The van der Waals surface area contributed by atoms with E-state index >= 15 is 0 Å². The van der Waals surface area contributed by atoms with Crippen LogP contribution < -0.4 is 9.47 Å². The summed E-state index contributed by atoms with van der Waals surface area (Å²) in [4.78, 5) is 0. The fraction of sp³-hybridized carbons (Fsp3) is 0.500. The highest BCUT2D eigenvalue weighted by molar-refractivity contribution is 7.81. The van der Waals surface area contributed by atoms with Gasteiger partial charge in [-0.05, 0) is 12.1 Å². The summed E-state index contributed by atoms with van der Waals surface area (Å²) in [7, 11) is 0. The van der Waals surface area contributed by atoms with Crippen LogP contribution in [-0.4, -0.2) is 23.7 Å². The summed E-state index contributed by atoms with van der Waals surface area (Å²) in [6, 6.07) is 7.61. The molecule has 0 fully saturated rings. The third-order valence-electron chi connectivity index (χ3n) is 1.79. The van der Waals surface area contributed by atoms with Crippen LogP contribution in [0.4, 0.5) is 0 Å². The van der Waals surface area contributed by atoms with Crippen LogP contribution in [0, 0.1) is 0 Å². The quantitative estimate of drug-likeness (QED) is 0.764. The third-order valence-corrected chi connectivity index (χ3v) is 2.09. The van der Waals surface area contributed by atoms with Crippen molar-refractivity contribution in [1.82, 2.24) is 0 Å². The van der Waals surface area contributed by atoms with Gasteiger partial charge in [0.1, 0.15) is 11.5 Å². The van der Waals surface area contributed by atoms with Gasteiger partial charge in [-0.2, -0.15) is 25.3 Å². The molecule has 1 aromatic rings. The Morgan fingerprint density at radius 3 is 1.81 bits per heavy atom. The second-order valence-corrected chi connectivity index (χ2v) is 5.56. The molecule has 4 heteroatoms. The average molecular weight is 258 g/mol. The summed E-state index contributed by atoms with van der Waals surface area (Å²) in [6.45, 7) is 5.17. The summed E-state index contributed by atoms with van der Waals surface area (Å²) >= 11 is 8.51. The monoisotopic (exact) mass is 258 g/mol. The minimum atomic E-state index is 0.224. The van der Waals surface area contributed by atoms with Gasteiger partial charge in [-0.3, -0.25) is 0 Å². The van der Waals surface area contributed by atoms with E-state index in [4.69, 9.17) is 9.47 Å². The molecule has 0 saturated heterocycles. The summed E-state index contributed by atoms with van der Waals surface area (Å²) in [5, 5.41) is 0.448. The number of benzene rings is 1. The first-order chi connectivity index (χ1) is 7.58. The molecule has 2 unspecified atom stereocenters. The predicted molar refractivity (Wildman–Crippen MR) is 74.3 cm³/mol. The lowest BCUT2D eigenvalue weighted by atomic mass is 10.3. The maximum absolute atomic E-state index is 5.54. The molecular weight excluding hydrogens is 240 g/mol. The van der Waals surface area contributed by atoms with Crippen LogP contribution >= 0.6 is 25.3 Å². The highest BCUT2D eigenvalue weighted by atomic mass is 32.1. The van der Waals surface area contributed by atoms with Gasteiger partial charge in [0.25, 0.3) is 0 Å². The van der Waals surface area contributed by atoms with Crippen LogP contribution in [0.15, 0.2) is 24.3 Å². The maximum Gasteiger partial charge on any atom is 0.123 e. The number of hydrogen-bond acceptors (Lipinski definition) is 4. The fourth-order valence-corrected chi connectivity index (χ4v) is 1.24. The molecule has 0 aliphatic rings. The summed E-state index contributed by atoms with van der Waals surface area (Å²) in [5.74, 6) is 1.62. The summed E-state index contributed by atoms with van der Waals surface area (Å²) in [5.41, 5.74) is 0. The topological polar surface area (TPSA) is 18.5 Å². The Bertz CT molecular complexity index is 286. The first kappa shape index (κ1) is 13.6. The number of rotatable bonds is 6. The maximum atomic E-state index is 5.54. The lowest BCUT2D eigenvalue weighted by Gasteiger charge is -2.11. The molecule has 2 nitrogen and oxygen atoms in total. The summed E-state index contributed by atoms with van der Waals surface area (Å²) in [6.07, 6.45) is 0. The van der Waals surface area contributed by atoms with Crippen molar-refractivity contribution in [3.63, 3.8) is 0 Å². The van der Waals surface area contributed by atoms with Crippen LogP contribution in [0.5, 0.6) is 11.5 Å². The number of hydrogen-bond donors (Lipinski definition) is 2. The smallest absolute Gasteiger partial charge is 0.123 e. The molecule has 90 valence electrons. The molecule has 0 aliphatic carbocycles. The van der Waals surface area contributed by atoms with Gasteiger partial charge < -0.3 is 9.47 Å². The molecule has 1 rings (SSSR count). The van der Waals surface area contributed by atoms with E-state index in [0.29, 0.717) is 13.2 Å². The molecule has 0 aromatic heterocycles. The normalized spacial score (nSPS) is 14.2. The number of ether oxygens (including phenoxy) is 2. The second-order valence-electron chi connectivity index (χ2n) is 3.79. The zero-order chi connectivity index (χ0) is 12.0. The van der Waals surface area contributed by atoms with E-state index in [1.165, 1.54) is 0 Å². The van der Waals surface area contributed by atoms with Crippen LogP contribution in [0.3, 0.4) is 0 Å². The molecule has 16 heavy (non-hydrogen) atoms. The van der Waals surface area contributed by atoms with Gasteiger partial charge in [-0.25, -0.2) is 0 Å². The Morgan fingerprint density at radius 2 is 1.44 bits per heavy atom. The lowest BCUT2D eigenvalue weighted by molar-refractivity contribution is 0.306. The average Bonchev–Trinajstić information content (AvgIpc) is 2.24. The molecule has 1 aromatic carbocycles. The van der Waals surface area contributed by atoms with E-state index in [0.717, 1.165) is 11.5 Å². The lowest BCUT2D eigenvalue weighted by Crippen LogP contribution is -2.09. The Hall–Kier alpha value is -0.480. The molecule has 0 aliphatic heterocycles. The van der Waals surface area contributed by atoms with Crippen molar-refractivity contribution >= 4 is 25.3 Å². The second kappa shape index (κ2) is 6.97. The zero-order valence-electron chi connectivity index (χ0n) is 9.59. The van der Waals surface area contributed by atoms with Crippen molar-refractivity contribution in [2.24, 2.45) is 0 Å². The Balaban J connectivity index is 2.50. The zero-order valence-corrected chi connectivity index (χ0v) is 11.4. The van der Waals surface area contributed by atoms with E-state index in [1.807, 2.05) is 38.1 Å². The van der Waals surface area contributed by atoms with Gasteiger partial charge in [0.2, 0.25) is 0 Å². The first-order valence-corrected chi connectivity index (χ1v) is 6.33. The number of thiol groups is 2. The largest absolute Gasteiger partial charge is 0.492 e. The third kappa shape index (κ3) is 5.56. The molecular formula is C12H18O2S2. The highest BCUT2D eigenvalue weighted by Crippen LogP contribution is 2.20. The van der Waals surface area contributed by atoms with Crippen LogP contribution in [0.25, 0.3) is 0 Å².